The number of hydrogen-bond acceptors (Lipinski definition) is 4. The first-order valence-corrected chi connectivity index (χ1v) is 13.1. The molecule has 3 heterocycles. The van der Waals surface area contributed by atoms with E-state index in [1.165, 1.54) is 4.68 Å². The summed E-state index contributed by atoms with van der Waals surface area (Å²) in [6, 6.07) is 9.32. The maximum absolute atomic E-state index is 13.7. The normalized spacial score (nSPS) is 14.3. The number of para-hydroxylation sites is 1. The summed E-state index contributed by atoms with van der Waals surface area (Å²) in [4.78, 5) is 43.7. The molecular formula is C28H37N5O3. The van der Waals surface area contributed by atoms with Gasteiger partial charge in [-0.1, -0.05) is 44.9 Å². The lowest BCUT2D eigenvalue weighted by molar-refractivity contribution is -0.137. The van der Waals surface area contributed by atoms with E-state index in [9.17, 15) is 14.4 Å². The zero-order chi connectivity index (χ0) is 25.8. The van der Waals surface area contributed by atoms with Crippen molar-refractivity contribution in [3.63, 3.8) is 0 Å². The molecule has 0 N–H and O–H groups in total. The van der Waals surface area contributed by atoms with Crippen LogP contribution in [0.3, 0.4) is 0 Å². The number of rotatable bonds is 8. The SMILES string of the molecule is CCCC(CCC)C(=O)N1CCN(C(=O)c2cn(C(C)C)cc3c(=O)n(-c4ccccc4)nc2-3)CC1. The van der Waals surface area contributed by atoms with Crippen LogP contribution in [0, 0.1) is 5.92 Å². The third kappa shape index (κ3) is 5.08. The van der Waals surface area contributed by atoms with Gasteiger partial charge < -0.3 is 14.4 Å². The standard InChI is InChI=1S/C28H37N5O3/c1-5-10-21(11-6-2)26(34)30-14-16-31(17-15-30)27(35)23-18-32(20(3)4)19-24-25(23)29-33(28(24)36)22-12-8-7-9-13-22/h7-9,12-13,18-21H,5-6,10-11,14-17H2,1-4H3. The Morgan fingerprint density at radius 1 is 0.917 bits per heavy atom. The van der Waals surface area contributed by atoms with E-state index >= 15 is 0 Å². The van der Waals surface area contributed by atoms with E-state index in [0.717, 1.165) is 25.7 Å². The van der Waals surface area contributed by atoms with E-state index in [-0.39, 0.29) is 29.3 Å². The van der Waals surface area contributed by atoms with Crippen LogP contribution in [0.1, 0.15) is 69.8 Å². The lowest BCUT2D eigenvalue weighted by Gasteiger charge is -2.36. The van der Waals surface area contributed by atoms with E-state index in [1.54, 1.807) is 17.3 Å². The van der Waals surface area contributed by atoms with Gasteiger partial charge in [0, 0.05) is 50.5 Å². The van der Waals surface area contributed by atoms with Crippen LogP contribution in [-0.4, -0.2) is 62.1 Å². The number of benzene rings is 1. The van der Waals surface area contributed by atoms with Crippen molar-refractivity contribution in [2.75, 3.05) is 26.2 Å². The molecular weight excluding hydrogens is 454 g/mol. The van der Waals surface area contributed by atoms with Crippen LogP contribution in [0.4, 0.5) is 0 Å². The Labute approximate surface area is 212 Å². The molecule has 1 saturated heterocycles. The summed E-state index contributed by atoms with van der Waals surface area (Å²) in [6.07, 6.45) is 7.38. The Bertz CT molecular complexity index is 1220. The summed E-state index contributed by atoms with van der Waals surface area (Å²) in [5, 5.41) is 4.58. The third-order valence-corrected chi connectivity index (χ3v) is 7.02. The van der Waals surface area contributed by atoms with Crippen molar-refractivity contribution in [1.29, 1.82) is 0 Å². The van der Waals surface area contributed by atoms with Crippen molar-refractivity contribution < 1.29 is 9.59 Å². The quantitative estimate of drug-likeness (QED) is 0.473. The fraction of sp³-hybridized carbons (Fsp3) is 0.500. The molecule has 0 atom stereocenters. The molecule has 0 aromatic heterocycles. The molecule has 1 aromatic carbocycles. The van der Waals surface area contributed by atoms with Gasteiger partial charge in [0.25, 0.3) is 11.5 Å². The molecule has 1 fully saturated rings. The lowest BCUT2D eigenvalue weighted by atomic mass is 9.96. The number of piperazine rings is 1. The van der Waals surface area contributed by atoms with Crippen LogP contribution in [0.5, 0.6) is 0 Å². The third-order valence-electron chi connectivity index (χ3n) is 7.02. The van der Waals surface area contributed by atoms with E-state index in [4.69, 9.17) is 0 Å². The lowest BCUT2D eigenvalue weighted by Crippen LogP contribution is -2.52. The summed E-state index contributed by atoms with van der Waals surface area (Å²) in [7, 11) is 0. The molecule has 192 valence electrons. The first-order valence-electron chi connectivity index (χ1n) is 13.1. The van der Waals surface area contributed by atoms with Crippen molar-refractivity contribution in [3.05, 3.63) is 58.6 Å². The zero-order valence-electron chi connectivity index (χ0n) is 21.8. The van der Waals surface area contributed by atoms with E-state index in [2.05, 4.69) is 18.9 Å². The van der Waals surface area contributed by atoms with Crippen LogP contribution in [0.15, 0.2) is 47.5 Å². The average molecular weight is 492 g/mol. The van der Waals surface area contributed by atoms with Gasteiger partial charge in [-0.05, 0) is 38.8 Å². The summed E-state index contributed by atoms with van der Waals surface area (Å²) >= 11 is 0. The predicted molar refractivity (Wildman–Crippen MR) is 141 cm³/mol. The first kappa shape index (κ1) is 25.7. The van der Waals surface area contributed by atoms with E-state index in [1.807, 2.05) is 53.6 Å². The number of carbonyl (C=O) groups is 2. The average Bonchev–Trinajstić information content (AvgIpc) is 3.24. The van der Waals surface area contributed by atoms with Gasteiger partial charge in [0.1, 0.15) is 5.69 Å². The van der Waals surface area contributed by atoms with Crippen LogP contribution < -0.4 is 5.56 Å². The molecule has 0 saturated carbocycles. The topological polar surface area (TPSA) is 80.4 Å². The van der Waals surface area contributed by atoms with Gasteiger partial charge in [-0.15, -0.1) is 0 Å². The van der Waals surface area contributed by atoms with Crippen molar-refractivity contribution in [2.45, 2.75) is 59.4 Å². The molecule has 0 spiro atoms. The van der Waals surface area contributed by atoms with Crippen molar-refractivity contribution in [1.82, 2.24) is 24.1 Å². The van der Waals surface area contributed by atoms with Crippen molar-refractivity contribution in [3.8, 4) is 16.9 Å². The second-order valence-corrected chi connectivity index (χ2v) is 9.92. The van der Waals surface area contributed by atoms with Crippen LogP contribution in [-0.2, 0) is 4.79 Å². The number of carbonyl (C=O) groups excluding carboxylic acids is 2. The number of fused-ring (bicyclic) bond motifs is 1. The molecule has 1 aromatic rings. The Morgan fingerprint density at radius 2 is 1.53 bits per heavy atom. The minimum Gasteiger partial charge on any atom is -0.350 e. The van der Waals surface area contributed by atoms with Crippen molar-refractivity contribution >= 4 is 11.8 Å². The highest BCUT2D eigenvalue weighted by Gasteiger charge is 2.31. The van der Waals surface area contributed by atoms with Crippen LogP contribution >= 0.6 is 0 Å². The Kier molecular flexibility index (Phi) is 7.91. The molecule has 36 heavy (non-hydrogen) atoms. The second kappa shape index (κ2) is 11.1. The summed E-state index contributed by atoms with van der Waals surface area (Å²) in [6.45, 7) is 10.2. The number of amides is 2. The minimum absolute atomic E-state index is 0.0680. The minimum atomic E-state index is -0.242. The molecule has 3 aliphatic heterocycles. The number of aromatic nitrogens is 3. The van der Waals surface area contributed by atoms with E-state index in [0.29, 0.717) is 48.7 Å². The highest BCUT2D eigenvalue weighted by atomic mass is 16.2. The second-order valence-electron chi connectivity index (χ2n) is 9.92. The highest BCUT2D eigenvalue weighted by molar-refractivity contribution is 6.00. The van der Waals surface area contributed by atoms with Gasteiger partial charge in [-0.3, -0.25) is 14.4 Å². The van der Waals surface area contributed by atoms with Gasteiger partial charge in [-0.25, -0.2) is 0 Å². The smallest absolute Gasteiger partial charge is 0.282 e. The number of hydrogen-bond donors (Lipinski definition) is 0. The monoisotopic (exact) mass is 491 g/mol. The molecule has 0 aliphatic carbocycles. The molecule has 0 bridgehead atoms. The van der Waals surface area contributed by atoms with E-state index < -0.39 is 0 Å². The van der Waals surface area contributed by atoms with Gasteiger partial charge in [0.05, 0.1) is 16.8 Å². The molecule has 4 rings (SSSR count). The molecule has 0 unspecified atom stereocenters. The predicted octanol–water partition coefficient (Wildman–Crippen LogP) is 4.22. The van der Waals surface area contributed by atoms with Gasteiger partial charge >= 0.3 is 0 Å². The first-order chi connectivity index (χ1) is 17.3. The number of nitrogens with zero attached hydrogens (tertiary/aromatic N) is 5. The Morgan fingerprint density at radius 3 is 2.11 bits per heavy atom. The number of pyridine rings is 1. The molecule has 8 heteroatoms. The van der Waals surface area contributed by atoms with Crippen LogP contribution in [0.2, 0.25) is 0 Å². The molecule has 2 amide bonds. The molecule has 0 radical (unpaired) electrons. The zero-order valence-corrected chi connectivity index (χ0v) is 21.8. The van der Waals surface area contributed by atoms with Gasteiger partial charge in [0.2, 0.25) is 5.91 Å². The maximum atomic E-state index is 13.7. The summed E-state index contributed by atoms with van der Waals surface area (Å²) in [5.74, 6) is 0.125. The van der Waals surface area contributed by atoms with Gasteiger partial charge in [0.15, 0.2) is 0 Å². The Balaban J connectivity index is 1.60. The van der Waals surface area contributed by atoms with Crippen LogP contribution in [0.25, 0.3) is 16.9 Å². The van der Waals surface area contributed by atoms with Gasteiger partial charge in [-0.2, -0.15) is 9.78 Å². The molecule has 8 nitrogen and oxygen atoms in total. The fourth-order valence-corrected chi connectivity index (χ4v) is 4.97. The summed E-state index contributed by atoms with van der Waals surface area (Å²) in [5.41, 5.74) is 1.68. The largest absolute Gasteiger partial charge is 0.350 e. The Hall–Kier alpha value is -3.42. The summed E-state index contributed by atoms with van der Waals surface area (Å²) < 4.78 is 3.26. The highest BCUT2D eigenvalue weighted by Crippen LogP contribution is 2.26. The molecule has 3 aliphatic rings. The fourth-order valence-electron chi connectivity index (χ4n) is 4.97. The maximum Gasteiger partial charge on any atom is 0.282 e. The van der Waals surface area contributed by atoms with Crippen molar-refractivity contribution in [2.24, 2.45) is 5.92 Å².